The number of para-hydroxylation sites is 1. The van der Waals surface area contributed by atoms with E-state index in [0.29, 0.717) is 6.54 Å². The van der Waals surface area contributed by atoms with E-state index >= 15 is 0 Å². The number of ether oxygens (including phenoxy) is 1. The van der Waals surface area contributed by atoms with Crippen molar-refractivity contribution in [2.45, 2.75) is 59.5 Å². The van der Waals surface area contributed by atoms with Gasteiger partial charge in [-0.05, 0) is 44.6 Å². The number of hydrogen-bond donors (Lipinski definition) is 2. The van der Waals surface area contributed by atoms with Gasteiger partial charge in [-0.3, -0.25) is 4.68 Å². The van der Waals surface area contributed by atoms with Crippen LogP contribution in [0, 0.1) is 5.92 Å². The number of nitrogens with one attached hydrogen (secondary N) is 2. The number of nitrogens with zero attached hydrogens (tertiary/aromatic N) is 3. The van der Waals surface area contributed by atoms with Gasteiger partial charge in [0.2, 0.25) is 0 Å². The maximum absolute atomic E-state index is 6.02. The van der Waals surface area contributed by atoms with Gasteiger partial charge in [0.1, 0.15) is 5.75 Å². The molecule has 0 bridgehead atoms. The molecule has 166 valence electrons. The van der Waals surface area contributed by atoms with Crippen LogP contribution in [0.4, 0.5) is 0 Å². The molecule has 1 aromatic heterocycles. The summed E-state index contributed by atoms with van der Waals surface area (Å²) in [5.74, 6) is 2.51. The first-order chi connectivity index (χ1) is 14.2. The van der Waals surface area contributed by atoms with E-state index in [0.717, 1.165) is 61.4 Å². The quantitative estimate of drug-likeness (QED) is 0.277. The fourth-order valence-corrected chi connectivity index (χ4v) is 3.54. The third kappa shape index (κ3) is 6.62. The number of rotatable bonds is 10. The lowest BCUT2D eigenvalue weighted by molar-refractivity contribution is 0.297. The minimum Gasteiger partial charge on any atom is -0.493 e. The molecule has 2 N–H and O–H groups in total. The summed E-state index contributed by atoms with van der Waals surface area (Å²) in [4.78, 5) is 4.81. The van der Waals surface area contributed by atoms with Gasteiger partial charge in [0.25, 0.3) is 0 Å². The van der Waals surface area contributed by atoms with Crippen molar-refractivity contribution in [2.75, 3.05) is 13.2 Å². The van der Waals surface area contributed by atoms with Crippen molar-refractivity contribution in [1.82, 2.24) is 20.4 Å². The fourth-order valence-electron chi connectivity index (χ4n) is 3.54. The van der Waals surface area contributed by atoms with E-state index in [9.17, 15) is 0 Å². The minimum atomic E-state index is 0. The third-order valence-electron chi connectivity index (χ3n) is 5.36. The second-order valence-corrected chi connectivity index (χ2v) is 7.61. The van der Waals surface area contributed by atoms with Crippen molar-refractivity contribution in [3.8, 4) is 5.75 Å². The lowest BCUT2D eigenvalue weighted by Crippen LogP contribution is -2.37. The maximum Gasteiger partial charge on any atom is 0.191 e. The van der Waals surface area contributed by atoms with Crippen LogP contribution in [0.15, 0.2) is 29.3 Å². The molecule has 0 aliphatic heterocycles. The van der Waals surface area contributed by atoms with E-state index in [1.165, 1.54) is 24.1 Å². The van der Waals surface area contributed by atoms with Crippen molar-refractivity contribution < 1.29 is 4.74 Å². The van der Waals surface area contributed by atoms with E-state index in [2.05, 4.69) is 42.6 Å². The highest BCUT2D eigenvalue weighted by atomic mass is 127. The molecule has 7 heteroatoms. The third-order valence-corrected chi connectivity index (χ3v) is 5.36. The van der Waals surface area contributed by atoms with Gasteiger partial charge in [-0.2, -0.15) is 5.10 Å². The predicted octanol–water partition coefficient (Wildman–Crippen LogP) is 4.21. The lowest BCUT2D eigenvalue weighted by atomic mass is 10.1. The van der Waals surface area contributed by atoms with Gasteiger partial charge in [-0.25, -0.2) is 4.99 Å². The molecule has 0 radical (unpaired) electrons. The Morgan fingerprint density at radius 2 is 1.93 bits per heavy atom. The molecular formula is C23H36IN5O. The highest BCUT2D eigenvalue weighted by molar-refractivity contribution is 14.0. The standard InChI is InChI=1S/C23H35N5O.HI/c1-5-20-19(21(6-2)28(4)27-20)15-26-23(24-7-3)25-14-18-10-8-9-11-22(18)29-16-17-12-13-17;/h8-11,17H,5-7,12-16H2,1-4H3,(H2,24,25,26);1H. The number of aliphatic imine (C=N–C) groups is 1. The lowest BCUT2D eigenvalue weighted by Gasteiger charge is -2.14. The van der Waals surface area contributed by atoms with Crippen molar-refractivity contribution in [1.29, 1.82) is 0 Å². The molecule has 0 saturated heterocycles. The smallest absolute Gasteiger partial charge is 0.191 e. The molecule has 0 atom stereocenters. The fraction of sp³-hybridized carbons (Fsp3) is 0.565. The van der Waals surface area contributed by atoms with Gasteiger partial charge in [-0.1, -0.05) is 32.0 Å². The summed E-state index contributed by atoms with van der Waals surface area (Å²) in [6.07, 6.45) is 4.50. The Bertz CT molecular complexity index is 829. The van der Waals surface area contributed by atoms with Crippen LogP contribution in [0.5, 0.6) is 5.75 Å². The Balaban J connectivity index is 0.00000320. The van der Waals surface area contributed by atoms with E-state index in [-0.39, 0.29) is 24.0 Å². The molecule has 1 aliphatic carbocycles. The van der Waals surface area contributed by atoms with Crippen molar-refractivity contribution in [2.24, 2.45) is 18.0 Å². The Hall–Kier alpha value is -1.77. The molecule has 0 spiro atoms. The van der Waals surface area contributed by atoms with Gasteiger partial charge >= 0.3 is 0 Å². The van der Waals surface area contributed by atoms with Crippen LogP contribution in [-0.4, -0.2) is 28.9 Å². The van der Waals surface area contributed by atoms with E-state index < -0.39 is 0 Å². The molecule has 1 aliphatic rings. The van der Waals surface area contributed by atoms with Gasteiger partial charge in [0, 0.05) is 37.0 Å². The molecule has 1 fully saturated rings. The van der Waals surface area contributed by atoms with Crippen molar-refractivity contribution in [3.63, 3.8) is 0 Å². The predicted molar refractivity (Wildman–Crippen MR) is 134 cm³/mol. The normalized spacial score (nSPS) is 13.7. The summed E-state index contributed by atoms with van der Waals surface area (Å²) in [5, 5.41) is 11.5. The van der Waals surface area contributed by atoms with Crippen LogP contribution in [0.2, 0.25) is 0 Å². The zero-order valence-electron chi connectivity index (χ0n) is 18.7. The molecule has 0 amide bonds. The molecule has 1 heterocycles. The highest BCUT2D eigenvalue weighted by Crippen LogP contribution is 2.30. The second kappa shape index (κ2) is 12.2. The maximum atomic E-state index is 6.02. The zero-order valence-corrected chi connectivity index (χ0v) is 21.0. The molecule has 6 nitrogen and oxygen atoms in total. The first-order valence-electron chi connectivity index (χ1n) is 10.9. The molecule has 1 aromatic carbocycles. The van der Waals surface area contributed by atoms with Crippen molar-refractivity contribution in [3.05, 3.63) is 46.8 Å². The number of aromatic nitrogens is 2. The van der Waals surface area contributed by atoms with Gasteiger partial charge < -0.3 is 15.4 Å². The molecular weight excluding hydrogens is 489 g/mol. The summed E-state index contributed by atoms with van der Waals surface area (Å²) < 4.78 is 8.03. The Kier molecular flexibility index (Phi) is 9.94. The Morgan fingerprint density at radius 3 is 2.60 bits per heavy atom. The van der Waals surface area contributed by atoms with E-state index in [1.54, 1.807) is 0 Å². The molecule has 30 heavy (non-hydrogen) atoms. The summed E-state index contributed by atoms with van der Waals surface area (Å²) in [6.45, 7) is 9.37. The van der Waals surface area contributed by atoms with Crippen LogP contribution in [0.3, 0.4) is 0 Å². The highest BCUT2D eigenvalue weighted by Gasteiger charge is 2.22. The monoisotopic (exact) mass is 525 g/mol. The Labute approximate surface area is 197 Å². The number of benzene rings is 1. The minimum absolute atomic E-state index is 0. The number of guanidine groups is 1. The van der Waals surface area contributed by atoms with Crippen LogP contribution in [0.25, 0.3) is 0 Å². The van der Waals surface area contributed by atoms with Crippen LogP contribution in [-0.2, 0) is 33.0 Å². The van der Waals surface area contributed by atoms with Gasteiger partial charge in [0.15, 0.2) is 5.96 Å². The van der Waals surface area contributed by atoms with Gasteiger partial charge in [-0.15, -0.1) is 24.0 Å². The summed E-state index contributed by atoms with van der Waals surface area (Å²) in [6, 6.07) is 8.22. The topological polar surface area (TPSA) is 63.5 Å². The van der Waals surface area contributed by atoms with E-state index in [4.69, 9.17) is 9.73 Å². The molecule has 2 aromatic rings. The summed E-state index contributed by atoms with van der Waals surface area (Å²) >= 11 is 0. The number of halogens is 1. The molecule has 0 unspecified atom stereocenters. The zero-order chi connectivity index (χ0) is 20.6. The number of hydrogen-bond acceptors (Lipinski definition) is 3. The Morgan fingerprint density at radius 1 is 1.17 bits per heavy atom. The largest absolute Gasteiger partial charge is 0.493 e. The van der Waals surface area contributed by atoms with Crippen LogP contribution >= 0.6 is 24.0 Å². The first-order valence-corrected chi connectivity index (χ1v) is 10.9. The van der Waals surface area contributed by atoms with Crippen LogP contribution in [0.1, 0.15) is 56.1 Å². The number of aryl methyl sites for hydroxylation is 2. The van der Waals surface area contributed by atoms with Crippen molar-refractivity contribution >= 4 is 29.9 Å². The van der Waals surface area contributed by atoms with Gasteiger partial charge in [0.05, 0.1) is 18.8 Å². The molecule has 1 saturated carbocycles. The summed E-state index contributed by atoms with van der Waals surface area (Å²) in [5.41, 5.74) is 4.85. The SMILES string of the molecule is CCNC(=NCc1ccccc1OCC1CC1)NCc1c(CC)nn(C)c1CC.I. The average molecular weight is 525 g/mol. The second-order valence-electron chi connectivity index (χ2n) is 7.61. The average Bonchev–Trinajstić information content (AvgIpc) is 3.51. The van der Waals surface area contributed by atoms with Crippen LogP contribution < -0.4 is 15.4 Å². The summed E-state index contributed by atoms with van der Waals surface area (Å²) in [7, 11) is 2.03. The van der Waals surface area contributed by atoms with E-state index in [1.807, 2.05) is 29.9 Å². The first kappa shape index (κ1) is 24.5. The molecule has 3 rings (SSSR count).